The van der Waals surface area contributed by atoms with Crippen LogP contribution in [0.1, 0.15) is 36.5 Å². The van der Waals surface area contributed by atoms with Crippen LogP contribution in [0.25, 0.3) is 0 Å². The van der Waals surface area contributed by atoms with Crippen molar-refractivity contribution in [2.45, 2.75) is 38.3 Å². The third-order valence-corrected chi connectivity index (χ3v) is 3.76. The van der Waals surface area contributed by atoms with E-state index in [9.17, 15) is 15.0 Å². The van der Waals surface area contributed by atoms with E-state index in [1.807, 2.05) is 6.92 Å². The van der Waals surface area contributed by atoms with Crippen LogP contribution in [0.15, 0.2) is 18.2 Å². The Morgan fingerprint density at radius 1 is 1.37 bits per heavy atom. The number of amides is 1. The number of rotatable bonds is 2. The van der Waals surface area contributed by atoms with Gasteiger partial charge in [-0.25, -0.2) is 0 Å². The molecule has 1 fully saturated rings. The van der Waals surface area contributed by atoms with Crippen molar-refractivity contribution in [1.29, 1.82) is 0 Å². The lowest BCUT2D eigenvalue weighted by Gasteiger charge is -2.40. The van der Waals surface area contributed by atoms with Gasteiger partial charge in [0.05, 0.1) is 0 Å². The SMILES string of the molecule is CC1CCCC(CN)N1C(=O)c1ccc(O)c(O)c1. The number of piperidine rings is 1. The van der Waals surface area contributed by atoms with Crippen LogP contribution in [0.3, 0.4) is 0 Å². The smallest absolute Gasteiger partial charge is 0.254 e. The molecule has 5 heteroatoms. The second-order valence-corrected chi connectivity index (χ2v) is 5.09. The molecule has 0 saturated carbocycles. The van der Waals surface area contributed by atoms with Gasteiger partial charge < -0.3 is 20.8 Å². The van der Waals surface area contributed by atoms with Gasteiger partial charge in [0.25, 0.3) is 5.91 Å². The zero-order valence-electron chi connectivity index (χ0n) is 11.0. The molecular formula is C14H20N2O3. The maximum atomic E-state index is 12.5. The van der Waals surface area contributed by atoms with Gasteiger partial charge in [-0.3, -0.25) is 4.79 Å². The third-order valence-electron chi connectivity index (χ3n) is 3.76. The van der Waals surface area contributed by atoms with E-state index in [1.165, 1.54) is 18.2 Å². The molecule has 0 aromatic heterocycles. The molecule has 1 saturated heterocycles. The van der Waals surface area contributed by atoms with E-state index < -0.39 is 0 Å². The zero-order chi connectivity index (χ0) is 14.0. The van der Waals surface area contributed by atoms with Gasteiger partial charge >= 0.3 is 0 Å². The first-order chi connectivity index (χ1) is 9.04. The molecular weight excluding hydrogens is 244 g/mol. The van der Waals surface area contributed by atoms with E-state index in [0.717, 1.165) is 19.3 Å². The highest BCUT2D eigenvalue weighted by Crippen LogP contribution is 2.28. The minimum Gasteiger partial charge on any atom is -0.504 e. The number of hydrogen-bond donors (Lipinski definition) is 3. The van der Waals surface area contributed by atoms with Gasteiger partial charge in [0.1, 0.15) is 0 Å². The summed E-state index contributed by atoms with van der Waals surface area (Å²) >= 11 is 0. The summed E-state index contributed by atoms with van der Waals surface area (Å²) in [5.41, 5.74) is 6.12. The van der Waals surface area contributed by atoms with E-state index in [1.54, 1.807) is 4.90 Å². The zero-order valence-corrected chi connectivity index (χ0v) is 11.0. The Morgan fingerprint density at radius 3 is 2.74 bits per heavy atom. The molecule has 1 aliphatic rings. The normalized spacial score (nSPS) is 23.4. The van der Waals surface area contributed by atoms with Gasteiger partial charge in [-0.1, -0.05) is 0 Å². The molecule has 1 heterocycles. The van der Waals surface area contributed by atoms with Crippen LogP contribution in [0, 0.1) is 0 Å². The molecule has 2 atom stereocenters. The van der Waals surface area contributed by atoms with Crippen molar-refractivity contribution in [3.05, 3.63) is 23.8 Å². The number of phenols is 2. The summed E-state index contributed by atoms with van der Waals surface area (Å²) in [6.07, 6.45) is 2.95. The number of carbonyl (C=O) groups is 1. The van der Waals surface area contributed by atoms with Crippen LogP contribution in [0.5, 0.6) is 11.5 Å². The minimum atomic E-state index is -0.278. The molecule has 1 aliphatic heterocycles. The molecule has 19 heavy (non-hydrogen) atoms. The molecule has 0 bridgehead atoms. The predicted molar refractivity (Wildman–Crippen MR) is 72.1 cm³/mol. The van der Waals surface area contributed by atoms with Crippen molar-refractivity contribution in [3.63, 3.8) is 0 Å². The Hall–Kier alpha value is -1.75. The van der Waals surface area contributed by atoms with Crippen molar-refractivity contribution in [3.8, 4) is 11.5 Å². The monoisotopic (exact) mass is 264 g/mol. The molecule has 0 spiro atoms. The number of aromatic hydroxyl groups is 2. The number of benzene rings is 1. The third kappa shape index (κ3) is 2.66. The largest absolute Gasteiger partial charge is 0.504 e. The average Bonchev–Trinajstić information content (AvgIpc) is 2.40. The fourth-order valence-corrected chi connectivity index (χ4v) is 2.69. The van der Waals surface area contributed by atoms with Crippen LogP contribution >= 0.6 is 0 Å². The summed E-state index contributed by atoms with van der Waals surface area (Å²) in [6, 6.07) is 4.34. The maximum Gasteiger partial charge on any atom is 0.254 e. The van der Waals surface area contributed by atoms with E-state index in [-0.39, 0.29) is 29.5 Å². The highest BCUT2D eigenvalue weighted by atomic mass is 16.3. The number of nitrogens with two attached hydrogens (primary N) is 1. The minimum absolute atomic E-state index is 0.0483. The van der Waals surface area contributed by atoms with Gasteiger partial charge in [0.2, 0.25) is 0 Å². The van der Waals surface area contributed by atoms with E-state index in [2.05, 4.69) is 0 Å². The Morgan fingerprint density at radius 2 is 2.11 bits per heavy atom. The molecule has 5 nitrogen and oxygen atoms in total. The van der Waals surface area contributed by atoms with Crippen LogP contribution in [-0.2, 0) is 0 Å². The Labute approximate surface area is 112 Å². The van der Waals surface area contributed by atoms with Crippen molar-refractivity contribution in [2.24, 2.45) is 5.73 Å². The van der Waals surface area contributed by atoms with Crippen molar-refractivity contribution in [2.75, 3.05) is 6.54 Å². The molecule has 2 rings (SSSR count). The Kier molecular flexibility index (Phi) is 3.95. The molecule has 0 radical (unpaired) electrons. The molecule has 0 aliphatic carbocycles. The number of carbonyl (C=O) groups excluding carboxylic acids is 1. The summed E-state index contributed by atoms with van der Waals surface area (Å²) in [5, 5.41) is 18.8. The maximum absolute atomic E-state index is 12.5. The lowest BCUT2D eigenvalue weighted by molar-refractivity contribution is 0.0493. The summed E-state index contributed by atoms with van der Waals surface area (Å²) in [5.74, 6) is -0.642. The summed E-state index contributed by atoms with van der Waals surface area (Å²) < 4.78 is 0. The van der Waals surface area contributed by atoms with Crippen LogP contribution in [0.2, 0.25) is 0 Å². The van der Waals surface area contributed by atoms with Crippen LogP contribution in [0.4, 0.5) is 0 Å². The average molecular weight is 264 g/mol. The second-order valence-electron chi connectivity index (χ2n) is 5.09. The van der Waals surface area contributed by atoms with E-state index in [4.69, 9.17) is 5.73 Å². The molecule has 1 amide bonds. The van der Waals surface area contributed by atoms with Gasteiger partial charge in [0.15, 0.2) is 11.5 Å². The predicted octanol–water partition coefficient (Wildman–Crippen LogP) is 1.44. The molecule has 1 aromatic rings. The molecule has 104 valence electrons. The van der Waals surface area contributed by atoms with Crippen LogP contribution < -0.4 is 5.73 Å². The molecule has 4 N–H and O–H groups in total. The Bertz CT molecular complexity index is 476. The number of hydrogen-bond acceptors (Lipinski definition) is 4. The fraction of sp³-hybridized carbons (Fsp3) is 0.500. The highest BCUT2D eigenvalue weighted by molar-refractivity contribution is 5.95. The lowest BCUT2D eigenvalue weighted by atomic mass is 9.95. The van der Waals surface area contributed by atoms with Crippen molar-refractivity contribution < 1.29 is 15.0 Å². The first-order valence-electron chi connectivity index (χ1n) is 6.59. The van der Waals surface area contributed by atoms with Crippen LogP contribution in [-0.4, -0.2) is 39.6 Å². The Balaban J connectivity index is 2.27. The number of phenolic OH excluding ortho intramolecular Hbond substituents is 2. The van der Waals surface area contributed by atoms with Gasteiger partial charge in [-0.15, -0.1) is 0 Å². The first-order valence-corrected chi connectivity index (χ1v) is 6.59. The first kappa shape index (κ1) is 13.7. The van der Waals surface area contributed by atoms with Crippen molar-refractivity contribution >= 4 is 5.91 Å². The summed E-state index contributed by atoms with van der Waals surface area (Å²) in [4.78, 5) is 14.3. The molecule has 1 aromatic carbocycles. The second kappa shape index (κ2) is 5.48. The van der Waals surface area contributed by atoms with Crippen molar-refractivity contribution in [1.82, 2.24) is 4.90 Å². The van der Waals surface area contributed by atoms with Gasteiger partial charge in [-0.2, -0.15) is 0 Å². The summed E-state index contributed by atoms with van der Waals surface area (Å²) in [6.45, 7) is 2.46. The lowest BCUT2D eigenvalue weighted by Crippen LogP contribution is -2.51. The van der Waals surface area contributed by atoms with Gasteiger partial charge in [-0.05, 0) is 44.4 Å². The molecule has 2 unspecified atom stereocenters. The van der Waals surface area contributed by atoms with E-state index >= 15 is 0 Å². The van der Waals surface area contributed by atoms with E-state index in [0.29, 0.717) is 12.1 Å². The highest BCUT2D eigenvalue weighted by Gasteiger charge is 2.31. The standard InChI is InChI=1S/C14H20N2O3/c1-9-3-2-4-11(8-15)16(9)14(19)10-5-6-12(17)13(18)7-10/h5-7,9,11,17-18H,2-4,8,15H2,1H3. The quantitative estimate of drug-likeness (QED) is 0.705. The van der Waals surface area contributed by atoms with Gasteiger partial charge in [0, 0.05) is 24.2 Å². The summed E-state index contributed by atoms with van der Waals surface area (Å²) in [7, 11) is 0. The topological polar surface area (TPSA) is 86.8 Å². The number of nitrogens with zero attached hydrogens (tertiary/aromatic N) is 1. The number of likely N-dealkylation sites (tertiary alicyclic amines) is 1. The fourth-order valence-electron chi connectivity index (χ4n) is 2.69.